The fraction of sp³-hybridized carbons (Fsp3) is 0.273. The van der Waals surface area contributed by atoms with E-state index in [-0.39, 0.29) is 22.8 Å². The third-order valence-electron chi connectivity index (χ3n) is 2.39. The van der Waals surface area contributed by atoms with Crippen LogP contribution in [0.2, 0.25) is 0 Å². The highest BCUT2D eigenvalue weighted by Crippen LogP contribution is 2.46. The first-order valence-corrected chi connectivity index (χ1v) is 5.25. The molecule has 9 heteroatoms. The minimum Gasteiger partial charge on any atom is -0.493 e. The summed E-state index contributed by atoms with van der Waals surface area (Å²) in [5.74, 6) is 0.0396. The molecule has 0 unspecified atom stereocenters. The first-order valence-electron chi connectivity index (χ1n) is 5.25. The number of ether oxygens (including phenoxy) is 3. The van der Waals surface area contributed by atoms with Crippen LogP contribution in [-0.2, 0) is 0 Å². The third kappa shape index (κ3) is 2.94. The molecule has 0 heterocycles. The number of hydrogen-bond donors (Lipinski definition) is 0. The Morgan fingerprint density at radius 1 is 1.05 bits per heavy atom. The van der Waals surface area contributed by atoms with Crippen LogP contribution in [0.3, 0.4) is 0 Å². The van der Waals surface area contributed by atoms with E-state index < -0.39 is 15.5 Å². The summed E-state index contributed by atoms with van der Waals surface area (Å²) in [6.45, 7) is 0. The van der Waals surface area contributed by atoms with Crippen LogP contribution < -0.4 is 14.2 Å². The quantitative estimate of drug-likeness (QED) is 0.578. The van der Waals surface area contributed by atoms with Gasteiger partial charge in [0, 0.05) is 6.08 Å². The van der Waals surface area contributed by atoms with E-state index in [0.717, 1.165) is 6.08 Å². The van der Waals surface area contributed by atoms with Crippen LogP contribution in [0.1, 0.15) is 5.56 Å². The van der Waals surface area contributed by atoms with Crippen LogP contribution in [0.25, 0.3) is 6.08 Å². The number of nitro benzene ring substituents is 1. The zero-order valence-electron chi connectivity index (χ0n) is 11.0. The van der Waals surface area contributed by atoms with E-state index in [1.807, 2.05) is 0 Å². The topological polar surface area (TPSA) is 114 Å². The van der Waals surface area contributed by atoms with Crippen molar-refractivity contribution in [3.63, 3.8) is 0 Å². The third-order valence-corrected chi connectivity index (χ3v) is 2.39. The molecule has 0 saturated heterocycles. The lowest BCUT2D eigenvalue weighted by Gasteiger charge is -2.13. The van der Waals surface area contributed by atoms with Crippen LogP contribution in [-0.4, -0.2) is 31.2 Å². The van der Waals surface area contributed by atoms with Crippen LogP contribution >= 0.6 is 0 Å². The van der Waals surface area contributed by atoms with Gasteiger partial charge in [-0.25, -0.2) is 0 Å². The van der Waals surface area contributed by atoms with E-state index in [9.17, 15) is 20.2 Å². The van der Waals surface area contributed by atoms with Crippen molar-refractivity contribution in [3.05, 3.63) is 38.1 Å². The standard InChI is InChI=1S/C11H12N2O7/c1-18-8-6-7(4-5-12(14)15)9(13(16)17)11(20-3)10(8)19-2/h4-6H,1-3H3. The zero-order valence-corrected chi connectivity index (χ0v) is 11.0. The summed E-state index contributed by atoms with van der Waals surface area (Å²) < 4.78 is 15.0. The highest BCUT2D eigenvalue weighted by Gasteiger charge is 2.28. The highest BCUT2D eigenvalue weighted by atomic mass is 16.6. The molecule has 1 aromatic rings. The van der Waals surface area contributed by atoms with E-state index in [2.05, 4.69) is 0 Å². The van der Waals surface area contributed by atoms with Gasteiger partial charge in [-0.1, -0.05) is 0 Å². The first-order chi connectivity index (χ1) is 9.46. The predicted molar refractivity (Wildman–Crippen MR) is 68.8 cm³/mol. The second kappa shape index (κ2) is 6.36. The fourth-order valence-corrected chi connectivity index (χ4v) is 1.62. The average Bonchev–Trinajstić information content (AvgIpc) is 2.42. The molecule has 1 rings (SSSR count). The van der Waals surface area contributed by atoms with Gasteiger partial charge in [0.05, 0.1) is 36.7 Å². The van der Waals surface area contributed by atoms with E-state index in [0.29, 0.717) is 6.20 Å². The molecule has 9 nitrogen and oxygen atoms in total. The van der Waals surface area contributed by atoms with Crippen molar-refractivity contribution in [1.29, 1.82) is 0 Å². The number of hydrogen-bond acceptors (Lipinski definition) is 7. The van der Waals surface area contributed by atoms with E-state index >= 15 is 0 Å². The molecule has 0 radical (unpaired) electrons. The summed E-state index contributed by atoms with van der Waals surface area (Å²) in [6.07, 6.45) is 1.58. The van der Waals surface area contributed by atoms with Gasteiger partial charge in [0.25, 0.3) is 0 Å². The van der Waals surface area contributed by atoms with Gasteiger partial charge in [-0.05, 0) is 6.07 Å². The molecule has 0 spiro atoms. The normalized spacial score (nSPS) is 10.3. The molecule has 1 aromatic carbocycles. The van der Waals surface area contributed by atoms with Crippen molar-refractivity contribution < 1.29 is 24.1 Å². The maximum Gasteiger partial charge on any atom is 0.322 e. The summed E-state index contributed by atoms with van der Waals surface area (Å²) >= 11 is 0. The molecule has 0 bridgehead atoms. The van der Waals surface area contributed by atoms with Crippen molar-refractivity contribution >= 4 is 11.8 Å². The van der Waals surface area contributed by atoms with Crippen molar-refractivity contribution in [3.8, 4) is 17.2 Å². The molecule has 20 heavy (non-hydrogen) atoms. The molecule has 0 atom stereocenters. The van der Waals surface area contributed by atoms with Crippen molar-refractivity contribution in [2.24, 2.45) is 0 Å². The largest absolute Gasteiger partial charge is 0.493 e. The van der Waals surface area contributed by atoms with Gasteiger partial charge in [0.15, 0.2) is 5.75 Å². The Morgan fingerprint density at radius 3 is 2.05 bits per heavy atom. The molecule has 108 valence electrons. The van der Waals surface area contributed by atoms with Crippen LogP contribution in [0, 0.1) is 20.2 Å². The first kappa shape index (κ1) is 15.2. The number of nitro groups is 2. The molecule has 0 aliphatic rings. The average molecular weight is 284 g/mol. The molecule has 0 aromatic heterocycles. The van der Waals surface area contributed by atoms with Crippen LogP contribution in [0.4, 0.5) is 5.69 Å². The summed E-state index contributed by atoms with van der Waals surface area (Å²) in [5, 5.41) is 21.5. The van der Waals surface area contributed by atoms with Crippen molar-refractivity contribution in [2.45, 2.75) is 0 Å². The van der Waals surface area contributed by atoms with E-state index in [1.54, 1.807) is 0 Å². The molecule has 0 saturated carbocycles. The number of rotatable bonds is 6. The Balaban J connectivity index is 3.65. The minimum atomic E-state index is -0.729. The van der Waals surface area contributed by atoms with Gasteiger partial charge >= 0.3 is 5.69 Å². The van der Waals surface area contributed by atoms with Gasteiger partial charge in [0.1, 0.15) is 0 Å². The molecule has 0 amide bonds. The number of benzene rings is 1. The lowest BCUT2D eigenvalue weighted by molar-refractivity contribution is -0.401. The fourth-order valence-electron chi connectivity index (χ4n) is 1.62. The van der Waals surface area contributed by atoms with Gasteiger partial charge in [-0.3, -0.25) is 20.2 Å². The SMILES string of the molecule is COc1cc(C=C[N+](=O)[O-])c([N+](=O)[O-])c(OC)c1OC. The van der Waals surface area contributed by atoms with Gasteiger partial charge in [-0.2, -0.15) is 0 Å². The molecular weight excluding hydrogens is 272 g/mol. The van der Waals surface area contributed by atoms with Gasteiger partial charge in [0.2, 0.25) is 17.7 Å². The summed E-state index contributed by atoms with van der Waals surface area (Å²) in [5.41, 5.74) is -0.468. The minimum absolute atomic E-state index is 0.0267. The predicted octanol–water partition coefficient (Wildman–Crippen LogP) is 1.87. The second-order valence-corrected chi connectivity index (χ2v) is 3.44. The Morgan fingerprint density at radius 2 is 1.65 bits per heavy atom. The summed E-state index contributed by atoms with van der Waals surface area (Å²) in [6, 6.07) is 1.26. The van der Waals surface area contributed by atoms with E-state index in [1.165, 1.54) is 27.4 Å². The second-order valence-electron chi connectivity index (χ2n) is 3.44. The number of methoxy groups -OCH3 is 3. The van der Waals surface area contributed by atoms with Gasteiger partial charge in [-0.15, -0.1) is 0 Å². The lowest BCUT2D eigenvalue weighted by atomic mass is 10.1. The summed E-state index contributed by atoms with van der Waals surface area (Å²) in [4.78, 5) is 20.0. The van der Waals surface area contributed by atoms with Gasteiger partial charge < -0.3 is 14.2 Å². The summed E-state index contributed by atoms with van der Waals surface area (Å²) in [7, 11) is 3.87. The van der Waals surface area contributed by atoms with Crippen molar-refractivity contribution in [1.82, 2.24) is 0 Å². The lowest BCUT2D eigenvalue weighted by Crippen LogP contribution is -2.02. The molecule has 0 aliphatic carbocycles. The maximum atomic E-state index is 11.1. The Labute approximate surface area is 113 Å². The molecular formula is C11H12N2O7. The Kier molecular flexibility index (Phi) is 4.84. The van der Waals surface area contributed by atoms with Crippen molar-refractivity contribution in [2.75, 3.05) is 21.3 Å². The highest BCUT2D eigenvalue weighted by molar-refractivity contribution is 5.74. The smallest absolute Gasteiger partial charge is 0.322 e. The number of nitrogens with zero attached hydrogens (tertiary/aromatic N) is 2. The molecule has 0 aliphatic heterocycles. The maximum absolute atomic E-state index is 11.1. The Hall–Kier alpha value is -2.84. The molecule has 0 fully saturated rings. The Bertz CT molecular complexity index is 568. The monoisotopic (exact) mass is 284 g/mol. The van der Waals surface area contributed by atoms with Crippen LogP contribution in [0.15, 0.2) is 12.3 Å². The van der Waals surface area contributed by atoms with E-state index in [4.69, 9.17) is 14.2 Å². The molecule has 0 N–H and O–H groups in total. The van der Waals surface area contributed by atoms with Crippen LogP contribution in [0.5, 0.6) is 17.2 Å². The zero-order chi connectivity index (χ0) is 15.3.